The van der Waals surface area contributed by atoms with Crippen LogP contribution in [0.4, 0.5) is 0 Å². The third kappa shape index (κ3) is 5.37. The molecule has 3 N–H and O–H groups in total. The number of nitrogens with two attached hydrogens (primary N) is 1. The van der Waals surface area contributed by atoms with Gasteiger partial charge in [-0.3, -0.25) is 9.83 Å². The lowest BCUT2D eigenvalue weighted by atomic mass is 10.5. The van der Waals surface area contributed by atoms with Crippen LogP contribution in [0.15, 0.2) is 4.99 Å². The van der Waals surface area contributed by atoms with Gasteiger partial charge in [0.15, 0.2) is 0 Å². The quantitative estimate of drug-likeness (QED) is 0.258. The molecule has 0 aromatic heterocycles. The number of hydroxylamine groups is 1. The first kappa shape index (κ1) is 9.23. The van der Waals surface area contributed by atoms with Gasteiger partial charge in [-0.2, -0.15) is 0 Å². The van der Waals surface area contributed by atoms with Gasteiger partial charge in [-0.05, 0) is 13.3 Å². The first-order chi connectivity index (χ1) is 4.81. The van der Waals surface area contributed by atoms with E-state index in [2.05, 4.69) is 10.5 Å². The van der Waals surface area contributed by atoms with Crippen LogP contribution in [0.3, 0.4) is 0 Å². The maximum absolute atomic E-state index is 5.34. The molecule has 0 atom stereocenters. The highest BCUT2D eigenvalue weighted by Gasteiger charge is 1.86. The van der Waals surface area contributed by atoms with Crippen LogP contribution >= 0.6 is 0 Å². The molecule has 0 saturated heterocycles. The predicted octanol–water partition coefficient (Wildman–Crippen LogP) is 0.252. The van der Waals surface area contributed by atoms with Crippen LogP contribution in [0.5, 0.6) is 0 Å². The molecule has 0 saturated carbocycles. The van der Waals surface area contributed by atoms with Gasteiger partial charge >= 0.3 is 0 Å². The molecule has 4 nitrogen and oxygen atoms in total. The van der Waals surface area contributed by atoms with E-state index in [1.165, 1.54) is 0 Å². The Bertz CT molecular complexity index is 103. The molecule has 0 aliphatic heterocycles. The summed E-state index contributed by atoms with van der Waals surface area (Å²) in [5.74, 6) is 0.343. The molecule has 0 aliphatic carbocycles. The fraction of sp³-hybridized carbons (Fsp3) is 0.833. The summed E-state index contributed by atoms with van der Waals surface area (Å²) in [6.45, 7) is 5.26. The Labute approximate surface area is 61.4 Å². The van der Waals surface area contributed by atoms with Crippen LogP contribution in [0.25, 0.3) is 0 Å². The number of nitrogens with one attached hydrogen (secondary N) is 1. The molecule has 0 amide bonds. The topological polar surface area (TPSA) is 59.6 Å². The van der Waals surface area contributed by atoms with Gasteiger partial charge in [-0.25, -0.2) is 5.48 Å². The average Bonchev–Trinajstić information content (AvgIpc) is 1.89. The number of rotatable bonds is 4. The van der Waals surface area contributed by atoms with E-state index in [1.807, 2.05) is 13.8 Å². The summed E-state index contributed by atoms with van der Waals surface area (Å²) in [5, 5.41) is 0. The predicted molar refractivity (Wildman–Crippen MR) is 41.5 cm³/mol. The maximum Gasteiger partial charge on any atom is 0.213 e. The third-order valence-electron chi connectivity index (χ3n) is 0.811. The molecule has 0 aromatic rings. The molecule has 0 fully saturated rings. The number of hydrogen-bond donors (Lipinski definition) is 2. The van der Waals surface area contributed by atoms with Gasteiger partial charge in [0.2, 0.25) is 5.96 Å². The summed E-state index contributed by atoms with van der Waals surface area (Å²) in [5.41, 5.74) is 7.85. The van der Waals surface area contributed by atoms with Gasteiger partial charge in [-0.15, -0.1) is 0 Å². The molecule has 0 rings (SSSR count). The second-order valence-corrected chi connectivity index (χ2v) is 1.81. The van der Waals surface area contributed by atoms with Crippen LogP contribution in [0, 0.1) is 0 Å². The Morgan fingerprint density at radius 2 is 2.30 bits per heavy atom. The van der Waals surface area contributed by atoms with Gasteiger partial charge in [0.25, 0.3) is 0 Å². The minimum absolute atomic E-state index is 0.343. The van der Waals surface area contributed by atoms with Crippen LogP contribution < -0.4 is 11.2 Å². The molecule has 0 spiro atoms. The number of hydrogen-bond acceptors (Lipinski definition) is 2. The second-order valence-electron chi connectivity index (χ2n) is 1.81. The highest BCUT2D eigenvalue weighted by Crippen LogP contribution is 1.74. The molecule has 0 aliphatic rings. The highest BCUT2D eigenvalue weighted by atomic mass is 16.6. The zero-order chi connectivity index (χ0) is 7.82. The van der Waals surface area contributed by atoms with Crippen molar-refractivity contribution in [3.05, 3.63) is 0 Å². The Morgan fingerprint density at radius 3 is 2.80 bits per heavy atom. The van der Waals surface area contributed by atoms with Crippen LogP contribution in [-0.4, -0.2) is 19.1 Å². The van der Waals surface area contributed by atoms with E-state index in [4.69, 9.17) is 10.6 Å². The SMILES string of the molecule is CCCONC(N)=NCC. The molecule has 60 valence electrons. The summed E-state index contributed by atoms with van der Waals surface area (Å²) >= 11 is 0. The van der Waals surface area contributed by atoms with Crippen molar-refractivity contribution in [3.8, 4) is 0 Å². The Hall–Kier alpha value is -0.770. The smallest absolute Gasteiger partial charge is 0.213 e. The van der Waals surface area contributed by atoms with Gasteiger partial charge < -0.3 is 5.73 Å². The monoisotopic (exact) mass is 145 g/mol. The van der Waals surface area contributed by atoms with E-state index >= 15 is 0 Å². The van der Waals surface area contributed by atoms with Crippen molar-refractivity contribution in [2.24, 2.45) is 10.7 Å². The van der Waals surface area contributed by atoms with Crippen molar-refractivity contribution >= 4 is 5.96 Å². The van der Waals surface area contributed by atoms with Crippen molar-refractivity contribution in [1.82, 2.24) is 5.48 Å². The zero-order valence-corrected chi connectivity index (χ0v) is 6.55. The lowest BCUT2D eigenvalue weighted by Crippen LogP contribution is -2.32. The van der Waals surface area contributed by atoms with E-state index < -0.39 is 0 Å². The van der Waals surface area contributed by atoms with Crippen molar-refractivity contribution in [2.75, 3.05) is 13.2 Å². The highest BCUT2D eigenvalue weighted by molar-refractivity contribution is 5.76. The second kappa shape index (κ2) is 6.35. The minimum Gasteiger partial charge on any atom is -0.368 e. The van der Waals surface area contributed by atoms with E-state index in [0.717, 1.165) is 6.42 Å². The fourth-order valence-electron chi connectivity index (χ4n) is 0.430. The summed E-state index contributed by atoms with van der Waals surface area (Å²) in [6.07, 6.45) is 0.965. The summed E-state index contributed by atoms with van der Waals surface area (Å²) < 4.78 is 0. The van der Waals surface area contributed by atoms with Crippen LogP contribution in [0.1, 0.15) is 20.3 Å². The summed E-state index contributed by atoms with van der Waals surface area (Å²) in [7, 11) is 0. The van der Waals surface area contributed by atoms with Crippen LogP contribution in [-0.2, 0) is 4.84 Å². The summed E-state index contributed by atoms with van der Waals surface area (Å²) in [6, 6.07) is 0. The fourth-order valence-corrected chi connectivity index (χ4v) is 0.430. The lowest BCUT2D eigenvalue weighted by Gasteiger charge is -2.02. The van der Waals surface area contributed by atoms with Crippen LogP contribution in [0.2, 0.25) is 0 Å². The first-order valence-electron chi connectivity index (χ1n) is 3.49. The van der Waals surface area contributed by atoms with Gasteiger partial charge in [-0.1, -0.05) is 6.92 Å². The molecule has 0 bridgehead atoms. The van der Waals surface area contributed by atoms with Crippen molar-refractivity contribution in [2.45, 2.75) is 20.3 Å². The molecule has 0 aromatic carbocycles. The molecular weight excluding hydrogens is 130 g/mol. The molecular formula is C6H15N3O. The summed E-state index contributed by atoms with van der Waals surface area (Å²) in [4.78, 5) is 8.75. The average molecular weight is 145 g/mol. The van der Waals surface area contributed by atoms with Gasteiger partial charge in [0, 0.05) is 6.54 Å². The molecule has 10 heavy (non-hydrogen) atoms. The molecule has 0 unspecified atom stereocenters. The number of nitrogens with zero attached hydrogens (tertiary/aromatic N) is 1. The van der Waals surface area contributed by atoms with Crippen molar-refractivity contribution in [1.29, 1.82) is 0 Å². The van der Waals surface area contributed by atoms with E-state index in [9.17, 15) is 0 Å². The standard InChI is InChI=1S/C6H15N3O/c1-3-5-10-9-6(7)8-4-2/h3-5H2,1-2H3,(H3,7,8,9). The Morgan fingerprint density at radius 1 is 1.60 bits per heavy atom. The number of guanidine groups is 1. The van der Waals surface area contributed by atoms with Gasteiger partial charge in [0.1, 0.15) is 0 Å². The largest absolute Gasteiger partial charge is 0.368 e. The Kier molecular flexibility index (Phi) is 5.86. The van der Waals surface area contributed by atoms with E-state index in [1.54, 1.807) is 0 Å². The number of aliphatic imine (C=N–C) groups is 1. The van der Waals surface area contributed by atoms with E-state index in [0.29, 0.717) is 19.1 Å². The molecule has 0 heterocycles. The van der Waals surface area contributed by atoms with Crippen molar-refractivity contribution < 1.29 is 4.84 Å². The van der Waals surface area contributed by atoms with Gasteiger partial charge in [0.05, 0.1) is 6.61 Å². The molecule has 0 radical (unpaired) electrons. The van der Waals surface area contributed by atoms with E-state index in [-0.39, 0.29) is 0 Å². The Balaban J connectivity index is 3.21. The first-order valence-corrected chi connectivity index (χ1v) is 3.49. The third-order valence-corrected chi connectivity index (χ3v) is 0.811. The zero-order valence-electron chi connectivity index (χ0n) is 6.55. The normalized spacial score (nSPS) is 11.6. The maximum atomic E-state index is 5.34. The lowest BCUT2D eigenvalue weighted by molar-refractivity contribution is 0.0845. The molecule has 4 heteroatoms. The minimum atomic E-state index is 0.343. The van der Waals surface area contributed by atoms with Crippen molar-refractivity contribution in [3.63, 3.8) is 0 Å².